The lowest BCUT2D eigenvalue weighted by Gasteiger charge is -2.43. The average Bonchev–Trinajstić information content (AvgIpc) is 2.88. The van der Waals surface area contributed by atoms with Crippen molar-refractivity contribution in [3.05, 3.63) is 81.5 Å². The Kier molecular flexibility index (Phi) is 8.74. The molecule has 4 rings (SSSR count). The Morgan fingerprint density at radius 2 is 1.87 bits per heavy atom. The van der Waals surface area contributed by atoms with Crippen LogP contribution in [-0.2, 0) is 9.53 Å². The van der Waals surface area contributed by atoms with Crippen LogP contribution in [0.4, 0.5) is 4.79 Å². The number of aryl methyl sites for hydroxylation is 1. The first-order chi connectivity index (χ1) is 18.2. The minimum absolute atomic E-state index is 0.0840. The van der Waals surface area contributed by atoms with Crippen molar-refractivity contribution in [1.82, 2.24) is 20.0 Å². The third-order valence-electron chi connectivity index (χ3n) is 7.08. The van der Waals surface area contributed by atoms with Crippen LogP contribution in [0.25, 0.3) is 0 Å². The number of ether oxygens (including phenoxy) is 1. The molecule has 0 bridgehead atoms. The lowest BCUT2D eigenvalue weighted by Crippen LogP contribution is -2.56. The third-order valence-corrected chi connectivity index (χ3v) is 7.41. The molecule has 2 heterocycles. The normalized spacial score (nSPS) is 20.4. The molecular formula is C29H35ClN4O4. The number of nitrogens with one attached hydrogen (secondary N) is 1. The molecule has 8 nitrogen and oxygen atoms in total. The van der Waals surface area contributed by atoms with Gasteiger partial charge in [0.2, 0.25) is 0 Å². The molecule has 38 heavy (non-hydrogen) atoms. The largest absolute Gasteiger partial charge is 0.463 e. The van der Waals surface area contributed by atoms with Gasteiger partial charge in [-0.1, -0.05) is 53.6 Å². The molecule has 1 fully saturated rings. The van der Waals surface area contributed by atoms with E-state index in [1.165, 1.54) is 0 Å². The van der Waals surface area contributed by atoms with Gasteiger partial charge in [-0.3, -0.25) is 14.6 Å². The smallest absolute Gasteiger partial charge is 0.338 e. The van der Waals surface area contributed by atoms with Gasteiger partial charge < -0.3 is 15.0 Å². The Morgan fingerprint density at radius 3 is 2.53 bits per heavy atom. The van der Waals surface area contributed by atoms with Crippen molar-refractivity contribution in [3.8, 4) is 0 Å². The number of hydrogen-bond donors (Lipinski definition) is 1. The molecule has 2 aromatic rings. The molecule has 2 atom stereocenters. The highest BCUT2D eigenvalue weighted by molar-refractivity contribution is 6.33. The Labute approximate surface area is 229 Å². The molecule has 202 valence electrons. The number of amides is 3. The van der Waals surface area contributed by atoms with Crippen molar-refractivity contribution >= 4 is 29.5 Å². The maximum Gasteiger partial charge on any atom is 0.338 e. The fraction of sp³-hybridized carbons (Fsp3) is 0.414. The summed E-state index contributed by atoms with van der Waals surface area (Å²) in [7, 11) is 0. The molecule has 0 spiro atoms. The van der Waals surface area contributed by atoms with Crippen molar-refractivity contribution in [2.75, 3.05) is 39.3 Å². The number of carbonyl (C=O) groups excluding carboxylic acids is 3. The summed E-state index contributed by atoms with van der Waals surface area (Å²) in [5.74, 6) is -0.533. The van der Waals surface area contributed by atoms with Gasteiger partial charge in [-0.15, -0.1) is 0 Å². The van der Waals surface area contributed by atoms with E-state index in [0.29, 0.717) is 54.6 Å². The van der Waals surface area contributed by atoms with Gasteiger partial charge >= 0.3 is 12.0 Å². The van der Waals surface area contributed by atoms with Gasteiger partial charge in [0.1, 0.15) is 0 Å². The number of likely N-dealkylation sites (N-methyl/N-ethyl adjacent to an activating group) is 1. The molecule has 0 aliphatic carbocycles. The summed E-state index contributed by atoms with van der Waals surface area (Å²) in [4.78, 5) is 45.4. The molecule has 2 aliphatic rings. The van der Waals surface area contributed by atoms with Gasteiger partial charge in [0.25, 0.3) is 5.91 Å². The standard InChI is InChI=1S/C29H35ClN4O4/c1-5-33-24(18-32-14-15-34(20(4)17-32)27(35)22-12-7-8-13-23(22)30)25(28(36)38-6-2)26(31-29(33)37)21-11-9-10-19(3)16-21/h7-13,16,20,26H,5-6,14-15,17-18H2,1-4H3,(H,31,37)/t20-,26+/m1/s1. The monoisotopic (exact) mass is 538 g/mol. The number of urea groups is 1. The predicted molar refractivity (Wildman–Crippen MR) is 147 cm³/mol. The second-order valence-corrected chi connectivity index (χ2v) is 10.1. The number of carbonyl (C=O) groups is 3. The number of halogens is 1. The van der Waals surface area contributed by atoms with E-state index in [1.807, 2.05) is 56.0 Å². The first kappa shape index (κ1) is 27.7. The number of piperazine rings is 1. The number of rotatable bonds is 7. The van der Waals surface area contributed by atoms with Crippen molar-refractivity contribution in [3.63, 3.8) is 0 Å². The molecule has 0 unspecified atom stereocenters. The quantitative estimate of drug-likeness (QED) is 0.528. The van der Waals surface area contributed by atoms with E-state index < -0.39 is 12.0 Å². The predicted octanol–water partition coefficient (Wildman–Crippen LogP) is 4.40. The maximum atomic E-state index is 13.3. The zero-order valence-corrected chi connectivity index (χ0v) is 23.1. The number of esters is 1. The van der Waals surface area contributed by atoms with Gasteiger partial charge in [-0.2, -0.15) is 0 Å². The lowest BCUT2D eigenvalue weighted by molar-refractivity contribution is -0.139. The maximum absolute atomic E-state index is 13.3. The van der Waals surface area contributed by atoms with Crippen LogP contribution in [0.2, 0.25) is 5.02 Å². The van der Waals surface area contributed by atoms with Gasteiger partial charge in [0, 0.05) is 44.5 Å². The molecule has 1 saturated heterocycles. The first-order valence-electron chi connectivity index (χ1n) is 13.1. The topological polar surface area (TPSA) is 82.2 Å². The molecule has 1 N–H and O–H groups in total. The van der Waals surface area contributed by atoms with Crippen molar-refractivity contribution in [2.45, 2.75) is 39.8 Å². The second kappa shape index (κ2) is 12.0. The zero-order chi connectivity index (χ0) is 27.4. The summed E-state index contributed by atoms with van der Waals surface area (Å²) in [5, 5.41) is 3.45. The van der Waals surface area contributed by atoms with Crippen molar-refractivity contribution in [1.29, 1.82) is 0 Å². The Bertz CT molecular complexity index is 1250. The van der Waals surface area contributed by atoms with E-state index in [9.17, 15) is 14.4 Å². The van der Waals surface area contributed by atoms with Crippen LogP contribution < -0.4 is 5.32 Å². The fourth-order valence-corrected chi connectivity index (χ4v) is 5.45. The average molecular weight is 539 g/mol. The van der Waals surface area contributed by atoms with Gasteiger partial charge in [0.15, 0.2) is 0 Å². The summed E-state index contributed by atoms with van der Waals surface area (Å²) in [6, 6.07) is 13.9. The SMILES string of the molecule is CCOC(=O)C1=C(CN2CCN(C(=O)c3ccccc3Cl)[C@H](C)C2)N(CC)C(=O)N[C@H]1c1cccc(C)c1. The highest BCUT2D eigenvalue weighted by Crippen LogP contribution is 2.33. The zero-order valence-electron chi connectivity index (χ0n) is 22.4. The minimum atomic E-state index is -0.611. The summed E-state index contributed by atoms with van der Waals surface area (Å²) in [6.07, 6.45) is 0. The highest BCUT2D eigenvalue weighted by atomic mass is 35.5. The van der Waals surface area contributed by atoms with Gasteiger partial charge in [-0.05, 0) is 45.4 Å². The number of nitrogens with zero attached hydrogens (tertiary/aromatic N) is 3. The summed E-state index contributed by atoms with van der Waals surface area (Å²) < 4.78 is 5.48. The van der Waals surface area contributed by atoms with Gasteiger partial charge in [0.05, 0.1) is 28.8 Å². The highest BCUT2D eigenvalue weighted by Gasteiger charge is 2.39. The van der Waals surface area contributed by atoms with E-state index in [1.54, 1.807) is 30.0 Å². The van der Waals surface area contributed by atoms with E-state index in [-0.39, 0.29) is 24.6 Å². The minimum Gasteiger partial charge on any atom is -0.463 e. The molecule has 2 aliphatic heterocycles. The third kappa shape index (κ3) is 5.71. The molecule has 0 radical (unpaired) electrons. The molecule has 0 saturated carbocycles. The van der Waals surface area contributed by atoms with Crippen LogP contribution in [0.1, 0.15) is 48.3 Å². The molecule has 9 heteroatoms. The van der Waals surface area contributed by atoms with Crippen LogP contribution in [0, 0.1) is 6.92 Å². The first-order valence-corrected chi connectivity index (χ1v) is 13.5. The molecule has 0 aromatic heterocycles. The molecule has 3 amide bonds. The van der Waals surface area contributed by atoms with Crippen LogP contribution in [-0.4, -0.2) is 78.0 Å². The van der Waals surface area contributed by atoms with E-state index in [0.717, 1.165) is 11.1 Å². The van der Waals surface area contributed by atoms with Gasteiger partial charge in [-0.25, -0.2) is 9.59 Å². The van der Waals surface area contributed by atoms with Crippen molar-refractivity contribution in [2.24, 2.45) is 0 Å². The van der Waals surface area contributed by atoms with E-state index >= 15 is 0 Å². The Hall–Kier alpha value is -3.36. The molecule has 2 aromatic carbocycles. The van der Waals surface area contributed by atoms with Crippen LogP contribution >= 0.6 is 11.6 Å². The summed E-state index contributed by atoms with van der Waals surface area (Å²) in [6.45, 7) is 10.4. The van der Waals surface area contributed by atoms with Crippen molar-refractivity contribution < 1.29 is 19.1 Å². The number of benzene rings is 2. The summed E-state index contributed by atoms with van der Waals surface area (Å²) >= 11 is 6.28. The fourth-order valence-electron chi connectivity index (χ4n) is 5.24. The van der Waals surface area contributed by atoms with Crippen LogP contribution in [0.15, 0.2) is 59.8 Å². The van der Waals surface area contributed by atoms with E-state index in [2.05, 4.69) is 10.2 Å². The second-order valence-electron chi connectivity index (χ2n) is 9.68. The Balaban J connectivity index is 1.64. The Morgan fingerprint density at radius 1 is 1.11 bits per heavy atom. The van der Waals surface area contributed by atoms with Crippen LogP contribution in [0.5, 0.6) is 0 Å². The molecular weight excluding hydrogens is 504 g/mol. The lowest BCUT2D eigenvalue weighted by atomic mass is 9.93. The number of hydrogen-bond acceptors (Lipinski definition) is 5. The van der Waals surface area contributed by atoms with E-state index in [4.69, 9.17) is 16.3 Å². The van der Waals surface area contributed by atoms with Crippen LogP contribution in [0.3, 0.4) is 0 Å². The summed E-state index contributed by atoms with van der Waals surface area (Å²) in [5.41, 5.74) is 3.44.